The number of rotatable bonds is 20. The number of hydrogen-bond donors (Lipinski definition) is 11. The maximum absolute atomic E-state index is 12.7. The van der Waals surface area contributed by atoms with E-state index in [2.05, 4.69) is 34.4 Å². The number of anilines is 1. The molecule has 1 fully saturated rings. The highest BCUT2D eigenvalue weighted by Gasteiger charge is 2.50. The molecule has 324 valence electrons. The van der Waals surface area contributed by atoms with Gasteiger partial charge in [0.15, 0.2) is 17.7 Å². The van der Waals surface area contributed by atoms with Gasteiger partial charge in [-0.1, -0.05) is 43.8 Å². The van der Waals surface area contributed by atoms with Gasteiger partial charge < -0.3 is 61.1 Å². The van der Waals surface area contributed by atoms with Gasteiger partial charge in [0, 0.05) is 36.3 Å². The van der Waals surface area contributed by atoms with E-state index in [1.807, 2.05) is 0 Å². The molecule has 1 aliphatic heterocycles. The number of nitrogens with zero attached hydrogens (tertiary/aromatic N) is 4. The Morgan fingerprint density at radius 3 is 2.41 bits per heavy atom. The Morgan fingerprint density at radius 1 is 1.03 bits per heavy atom. The molecule has 12 N–H and O–H groups in total. The summed E-state index contributed by atoms with van der Waals surface area (Å²) in [6.07, 6.45) is -5.54. The van der Waals surface area contributed by atoms with Gasteiger partial charge in [0.2, 0.25) is 16.9 Å². The first kappa shape index (κ1) is 47.6. The first-order chi connectivity index (χ1) is 26.9. The van der Waals surface area contributed by atoms with Gasteiger partial charge in [-0.05, 0) is 0 Å². The number of allylic oxidation sites excluding steroid dienone is 2. The van der Waals surface area contributed by atoms with E-state index in [1.54, 1.807) is 0 Å². The highest BCUT2D eigenvalue weighted by atomic mass is 32.2. The lowest BCUT2D eigenvalue weighted by atomic mass is 9.87. The number of nitrogen functional groups attached to an aromatic ring is 1. The molecule has 1 aliphatic carbocycles. The minimum Gasteiger partial charge on any atom is -0.386 e. The third-order valence-electron chi connectivity index (χ3n) is 8.20. The second-order valence-corrected chi connectivity index (χ2v) is 18.5. The van der Waals surface area contributed by atoms with Gasteiger partial charge in [-0.3, -0.25) is 32.5 Å². The van der Waals surface area contributed by atoms with Gasteiger partial charge in [-0.2, -0.15) is 4.31 Å². The number of thioether (sulfide) groups is 1. The summed E-state index contributed by atoms with van der Waals surface area (Å²) in [5, 5.41) is 45.3. The molecular formula is C28H42N7O19P3S. The van der Waals surface area contributed by atoms with Crippen molar-refractivity contribution in [1.82, 2.24) is 30.2 Å². The molecule has 0 radical (unpaired) electrons. The highest BCUT2D eigenvalue weighted by Crippen LogP contribution is 2.61. The van der Waals surface area contributed by atoms with Crippen molar-refractivity contribution in [3.63, 3.8) is 0 Å². The van der Waals surface area contributed by atoms with Crippen molar-refractivity contribution in [2.24, 2.45) is 5.41 Å². The third kappa shape index (κ3) is 13.0. The lowest BCUT2D eigenvalue weighted by Crippen LogP contribution is -2.46. The Labute approximate surface area is 332 Å². The van der Waals surface area contributed by atoms with E-state index < -0.39 is 102 Å². The van der Waals surface area contributed by atoms with E-state index in [-0.39, 0.29) is 47.8 Å². The van der Waals surface area contributed by atoms with Crippen LogP contribution >= 0.6 is 35.2 Å². The molecule has 58 heavy (non-hydrogen) atoms. The lowest BCUT2D eigenvalue weighted by molar-refractivity contribution is -0.137. The van der Waals surface area contributed by atoms with Crippen LogP contribution in [0.15, 0.2) is 36.5 Å². The number of phosphoric acid groups is 3. The molecule has 3 heterocycles. The molecule has 4 rings (SSSR count). The molecule has 0 saturated carbocycles. The predicted octanol–water partition coefficient (Wildman–Crippen LogP) is -2.12. The third-order valence-corrected chi connectivity index (χ3v) is 12.2. The topological polar surface area (TPSA) is 404 Å². The van der Waals surface area contributed by atoms with Gasteiger partial charge in [0.1, 0.15) is 48.5 Å². The molecule has 2 amide bonds. The van der Waals surface area contributed by atoms with Crippen LogP contribution in [-0.2, 0) is 50.7 Å². The number of imidazole rings is 1. The summed E-state index contributed by atoms with van der Waals surface area (Å²) < 4.78 is 62.1. The first-order valence-electron chi connectivity index (χ1n) is 16.7. The smallest absolute Gasteiger partial charge is 0.386 e. The number of aliphatic hydroxyl groups excluding tert-OH is 4. The molecule has 2 aliphatic rings. The zero-order valence-corrected chi connectivity index (χ0v) is 33.9. The van der Waals surface area contributed by atoms with Crippen LogP contribution in [0.25, 0.3) is 11.2 Å². The van der Waals surface area contributed by atoms with E-state index in [1.165, 1.54) is 32.1 Å². The monoisotopic (exact) mass is 905 g/mol. The minimum atomic E-state index is -5.59. The van der Waals surface area contributed by atoms with Crippen LogP contribution in [0, 0.1) is 5.41 Å². The fourth-order valence-electron chi connectivity index (χ4n) is 5.21. The fourth-order valence-corrected chi connectivity index (χ4v) is 8.78. The number of amides is 2. The van der Waals surface area contributed by atoms with Crippen LogP contribution in [0.1, 0.15) is 26.5 Å². The van der Waals surface area contributed by atoms with Crippen LogP contribution in [0.3, 0.4) is 0 Å². The standard InChI is InChI=1S/C28H42N7O19P3S/c1-28(2,22(40)25(41)31-7-6-17(37)30-8-9-58-27(42)14-4-3-5-15(36)19(14)38)11-51-57(48,49)54-56(46,47)50-10-16-21(53-55(43,44)45)20(39)26(52-16)35-13-34-18-23(29)32-12-33-24(18)35/h3-5,12-13,15-16,19-22,26,36,38-40H,6-11H2,1-2H3,(H,30,37)(H,31,41)(H,46,47)(H,48,49)(H2,29,32,33)(H2,43,44,45)/t15?,16-,19?,20-,21-,22+,26-/m1/s1. The minimum absolute atomic E-state index is 0.0124. The van der Waals surface area contributed by atoms with Gasteiger partial charge in [-0.25, -0.2) is 28.6 Å². The van der Waals surface area contributed by atoms with Crippen molar-refractivity contribution in [3.05, 3.63) is 36.5 Å². The van der Waals surface area contributed by atoms with E-state index in [0.29, 0.717) is 0 Å². The quantitative estimate of drug-likeness (QED) is 0.0500. The largest absolute Gasteiger partial charge is 0.481 e. The van der Waals surface area contributed by atoms with Crippen LogP contribution in [0.5, 0.6) is 0 Å². The van der Waals surface area contributed by atoms with Crippen molar-refractivity contribution < 1.29 is 90.7 Å². The molecule has 0 bridgehead atoms. The second-order valence-electron chi connectivity index (χ2n) is 13.1. The zero-order valence-electron chi connectivity index (χ0n) is 30.4. The number of carbonyl (C=O) groups excluding carboxylic acids is 3. The summed E-state index contributed by atoms with van der Waals surface area (Å²) in [6.45, 7) is 0.172. The summed E-state index contributed by atoms with van der Waals surface area (Å²) in [6, 6.07) is 0. The normalized spacial score (nSPS) is 25.1. The van der Waals surface area contributed by atoms with Gasteiger partial charge >= 0.3 is 23.5 Å². The molecule has 26 nitrogen and oxygen atoms in total. The summed E-state index contributed by atoms with van der Waals surface area (Å²) >= 11 is 0.809. The van der Waals surface area contributed by atoms with Gasteiger partial charge in [-0.15, -0.1) is 0 Å². The molecule has 9 atom stereocenters. The number of ether oxygens (including phenoxy) is 1. The van der Waals surface area contributed by atoms with Crippen LogP contribution < -0.4 is 16.4 Å². The van der Waals surface area contributed by atoms with E-state index >= 15 is 0 Å². The average Bonchev–Trinajstić information content (AvgIpc) is 3.69. The summed E-state index contributed by atoms with van der Waals surface area (Å²) in [7, 11) is -16.5. The molecule has 1 saturated heterocycles. The predicted molar refractivity (Wildman–Crippen MR) is 196 cm³/mol. The van der Waals surface area contributed by atoms with Gasteiger partial charge in [0.25, 0.3) is 0 Å². The SMILES string of the molecule is CC(C)(COP(=O)(O)OP(=O)(O)OC[C@H]1O[C@@H](n2cnc3c(N)ncnc32)[C@H](O)[C@@H]1OP(=O)(O)O)[C@@H](O)C(=O)NCCC(=O)NCCSC(=O)C1=CC=CC(O)C1O. The Balaban J connectivity index is 1.22. The molecule has 30 heteroatoms. The molecule has 0 aromatic carbocycles. The Bertz CT molecular complexity index is 2030. The van der Waals surface area contributed by atoms with E-state index in [0.717, 1.165) is 29.0 Å². The Kier molecular flexibility index (Phi) is 16.1. The summed E-state index contributed by atoms with van der Waals surface area (Å²) in [4.78, 5) is 87.9. The van der Waals surface area contributed by atoms with Crippen molar-refractivity contribution in [1.29, 1.82) is 0 Å². The number of carbonyl (C=O) groups is 3. The number of phosphoric ester groups is 3. The molecular weight excluding hydrogens is 863 g/mol. The second kappa shape index (κ2) is 19.6. The van der Waals surface area contributed by atoms with Crippen molar-refractivity contribution in [2.75, 3.05) is 37.8 Å². The van der Waals surface area contributed by atoms with Gasteiger partial charge in [0.05, 0.1) is 19.5 Å². The van der Waals surface area contributed by atoms with Crippen LogP contribution in [-0.4, -0.2) is 145 Å². The zero-order chi connectivity index (χ0) is 43.2. The molecule has 2 aromatic rings. The summed E-state index contributed by atoms with van der Waals surface area (Å²) in [5.74, 6) is -1.46. The fraction of sp³-hybridized carbons (Fsp3) is 0.571. The molecule has 4 unspecified atom stereocenters. The van der Waals surface area contributed by atoms with Crippen molar-refractivity contribution in [3.8, 4) is 0 Å². The Hall–Kier alpha value is -3.04. The van der Waals surface area contributed by atoms with E-state index in [9.17, 15) is 68.1 Å². The Morgan fingerprint density at radius 2 is 1.72 bits per heavy atom. The number of aliphatic hydroxyl groups is 4. The number of hydrogen-bond acceptors (Lipinski definition) is 20. The number of fused-ring (bicyclic) bond motifs is 1. The molecule has 0 spiro atoms. The number of nitrogens with two attached hydrogens (primary N) is 1. The average molecular weight is 906 g/mol. The van der Waals surface area contributed by atoms with Crippen molar-refractivity contribution >= 4 is 69.1 Å². The van der Waals surface area contributed by atoms with E-state index in [4.69, 9.17) is 19.5 Å². The maximum Gasteiger partial charge on any atom is 0.481 e. The number of nitrogens with one attached hydrogen (secondary N) is 2. The number of aromatic nitrogens is 4. The highest BCUT2D eigenvalue weighted by molar-refractivity contribution is 8.14. The van der Waals surface area contributed by atoms with Crippen molar-refractivity contribution in [2.45, 2.75) is 63.1 Å². The molecule has 2 aromatic heterocycles. The first-order valence-corrected chi connectivity index (χ1v) is 22.2. The van der Waals surface area contributed by atoms with Crippen LogP contribution in [0.4, 0.5) is 5.82 Å². The maximum atomic E-state index is 12.7. The van der Waals surface area contributed by atoms with Crippen LogP contribution in [0.2, 0.25) is 0 Å². The summed E-state index contributed by atoms with van der Waals surface area (Å²) in [5.41, 5.74) is 4.21. The lowest BCUT2D eigenvalue weighted by Gasteiger charge is -2.30.